The lowest BCUT2D eigenvalue weighted by atomic mass is 10.1. The van der Waals surface area contributed by atoms with Gasteiger partial charge in [0.05, 0.1) is 11.6 Å². The fourth-order valence-electron chi connectivity index (χ4n) is 2.95. The Bertz CT molecular complexity index is 993. The number of aromatic nitrogens is 6. The predicted octanol–water partition coefficient (Wildman–Crippen LogP) is 2.96. The summed E-state index contributed by atoms with van der Waals surface area (Å²) in [6, 6.07) is 0. The topological polar surface area (TPSA) is 60.9 Å². The number of hydrogen-bond donors (Lipinski definition) is 0. The molecule has 4 aromatic heterocycles. The van der Waals surface area contributed by atoms with Crippen molar-refractivity contribution >= 4 is 27.2 Å². The molecular formula is C16H18N6S. The van der Waals surface area contributed by atoms with Crippen LogP contribution in [0.5, 0.6) is 0 Å². The maximum absolute atomic E-state index is 4.76. The van der Waals surface area contributed by atoms with E-state index in [1.165, 1.54) is 16.0 Å². The molecule has 0 aliphatic rings. The molecule has 0 radical (unpaired) electrons. The Hall–Kier alpha value is -2.28. The average Bonchev–Trinajstić information content (AvgIpc) is 3.20. The Labute approximate surface area is 137 Å². The van der Waals surface area contributed by atoms with Gasteiger partial charge in [0, 0.05) is 24.0 Å². The number of hydrogen-bond acceptors (Lipinski definition) is 5. The van der Waals surface area contributed by atoms with Crippen LogP contribution in [0.25, 0.3) is 15.9 Å². The van der Waals surface area contributed by atoms with Gasteiger partial charge in [0.2, 0.25) is 0 Å². The SMILES string of the molecule is CCc1c(C)sc2ncn3nc(CCn4cc(C)cn4)nc3c12. The molecule has 7 heteroatoms. The highest BCUT2D eigenvalue weighted by Gasteiger charge is 2.15. The van der Waals surface area contributed by atoms with Crippen molar-refractivity contribution in [2.75, 3.05) is 0 Å². The van der Waals surface area contributed by atoms with Crippen LogP contribution in [0.1, 0.15) is 28.8 Å². The summed E-state index contributed by atoms with van der Waals surface area (Å²) in [4.78, 5) is 11.7. The van der Waals surface area contributed by atoms with E-state index in [0.29, 0.717) is 0 Å². The molecule has 0 aromatic carbocycles. The van der Waals surface area contributed by atoms with Crippen molar-refractivity contribution in [1.29, 1.82) is 0 Å². The fraction of sp³-hybridized carbons (Fsp3) is 0.375. The lowest BCUT2D eigenvalue weighted by Crippen LogP contribution is -2.03. The largest absolute Gasteiger partial charge is 0.272 e. The van der Waals surface area contributed by atoms with E-state index >= 15 is 0 Å². The van der Waals surface area contributed by atoms with Gasteiger partial charge in [-0.15, -0.1) is 16.4 Å². The highest BCUT2D eigenvalue weighted by molar-refractivity contribution is 7.18. The van der Waals surface area contributed by atoms with Gasteiger partial charge in [0.25, 0.3) is 0 Å². The summed E-state index contributed by atoms with van der Waals surface area (Å²) < 4.78 is 3.73. The molecule has 0 aliphatic heterocycles. The second-order valence-corrected chi connectivity index (χ2v) is 6.95. The van der Waals surface area contributed by atoms with Crippen molar-refractivity contribution in [2.24, 2.45) is 0 Å². The minimum absolute atomic E-state index is 0.759. The standard InChI is InChI=1S/C16H18N6S/c1-4-12-11(3)23-16-14(12)15-19-13(20-22(15)9-17-16)5-6-21-8-10(2)7-18-21/h7-9H,4-6H2,1-3H3. The lowest BCUT2D eigenvalue weighted by Gasteiger charge is -1.97. The van der Waals surface area contributed by atoms with Crippen molar-refractivity contribution in [1.82, 2.24) is 29.4 Å². The van der Waals surface area contributed by atoms with Gasteiger partial charge >= 0.3 is 0 Å². The van der Waals surface area contributed by atoms with Crippen LogP contribution in [0.4, 0.5) is 0 Å². The second-order valence-electron chi connectivity index (χ2n) is 5.74. The quantitative estimate of drug-likeness (QED) is 0.578. The van der Waals surface area contributed by atoms with Crippen LogP contribution < -0.4 is 0 Å². The number of thiophene rings is 1. The molecule has 0 fully saturated rings. The molecule has 0 N–H and O–H groups in total. The van der Waals surface area contributed by atoms with Crippen molar-refractivity contribution in [3.63, 3.8) is 0 Å². The van der Waals surface area contributed by atoms with Crippen LogP contribution in [-0.2, 0) is 19.4 Å². The molecule has 0 unspecified atom stereocenters. The van der Waals surface area contributed by atoms with Crippen LogP contribution in [0, 0.1) is 13.8 Å². The predicted molar refractivity (Wildman–Crippen MR) is 90.9 cm³/mol. The summed E-state index contributed by atoms with van der Waals surface area (Å²) in [6.07, 6.45) is 7.41. The molecule has 4 rings (SSSR count). The molecule has 23 heavy (non-hydrogen) atoms. The molecule has 0 bridgehead atoms. The van der Waals surface area contributed by atoms with Gasteiger partial charge in [-0.3, -0.25) is 4.68 Å². The Morgan fingerprint density at radius 1 is 1.26 bits per heavy atom. The highest BCUT2D eigenvalue weighted by Crippen LogP contribution is 2.31. The Kier molecular flexibility index (Phi) is 3.37. The molecule has 0 saturated heterocycles. The van der Waals surface area contributed by atoms with Crippen molar-refractivity contribution in [3.05, 3.63) is 40.5 Å². The minimum Gasteiger partial charge on any atom is -0.272 e. The van der Waals surface area contributed by atoms with Gasteiger partial charge in [0.1, 0.15) is 11.2 Å². The van der Waals surface area contributed by atoms with Crippen LogP contribution in [0.15, 0.2) is 18.7 Å². The highest BCUT2D eigenvalue weighted by atomic mass is 32.1. The van der Waals surface area contributed by atoms with Crippen molar-refractivity contribution in [2.45, 2.75) is 40.2 Å². The normalized spacial score (nSPS) is 11.8. The Morgan fingerprint density at radius 2 is 2.13 bits per heavy atom. The Morgan fingerprint density at radius 3 is 2.87 bits per heavy atom. The molecule has 0 saturated carbocycles. The number of fused-ring (bicyclic) bond motifs is 3. The molecule has 4 aromatic rings. The number of aryl methyl sites for hydroxylation is 5. The van der Waals surface area contributed by atoms with E-state index < -0.39 is 0 Å². The zero-order valence-electron chi connectivity index (χ0n) is 13.4. The van der Waals surface area contributed by atoms with E-state index in [9.17, 15) is 0 Å². The minimum atomic E-state index is 0.759. The van der Waals surface area contributed by atoms with Gasteiger partial charge in [-0.1, -0.05) is 6.92 Å². The van der Waals surface area contributed by atoms with E-state index in [-0.39, 0.29) is 0 Å². The van der Waals surface area contributed by atoms with E-state index in [1.54, 1.807) is 22.2 Å². The summed E-state index contributed by atoms with van der Waals surface area (Å²) in [5, 5.41) is 10.0. The van der Waals surface area contributed by atoms with E-state index in [2.05, 4.69) is 29.0 Å². The van der Waals surface area contributed by atoms with E-state index in [4.69, 9.17) is 4.98 Å². The first-order valence-electron chi connectivity index (χ1n) is 7.77. The zero-order valence-corrected chi connectivity index (χ0v) is 14.3. The first-order valence-corrected chi connectivity index (χ1v) is 8.58. The van der Waals surface area contributed by atoms with Gasteiger partial charge in [-0.25, -0.2) is 14.5 Å². The van der Waals surface area contributed by atoms with Crippen LogP contribution in [0.2, 0.25) is 0 Å². The van der Waals surface area contributed by atoms with Crippen LogP contribution in [-0.4, -0.2) is 29.4 Å². The third-order valence-corrected chi connectivity index (χ3v) is 5.11. The van der Waals surface area contributed by atoms with Gasteiger partial charge < -0.3 is 0 Å². The van der Waals surface area contributed by atoms with E-state index in [1.807, 2.05) is 24.0 Å². The molecule has 4 heterocycles. The van der Waals surface area contributed by atoms with Gasteiger partial charge in [-0.2, -0.15) is 5.10 Å². The molecule has 0 amide bonds. The van der Waals surface area contributed by atoms with Crippen molar-refractivity contribution < 1.29 is 0 Å². The molecule has 0 spiro atoms. The summed E-state index contributed by atoms with van der Waals surface area (Å²) in [5.41, 5.74) is 3.42. The molecular weight excluding hydrogens is 308 g/mol. The first-order chi connectivity index (χ1) is 11.2. The van der Waals surface area contributed by atoms with Gasteiger partial charge in [-0.05, 0) is 31.4 Å². The smallest absolute Gasteiger partial charge is 0.167 e. The zero-order chi connectivity index (χ0) is 16.0. The van der Waals surface area contributed by atoms with E-state index in [0.717, 1.165) is 41.1 Å². The monoisotopic (exact) mass is 326 g/mol. The van der Waals surface area contributed by atoms with Gasteiger partial charge in [0.15, 0.2) is 11.5 Å². The summed E-state index contributed by atoms with van der Waals surface area (Å²) in [5.74, 6) is 0.832. The first kappa shape index (κ1) is 14.3. The average molecular weight is 326 g/mol. The summed E-state index contributed by atoms with van der Waals surface area (Å²) in [6.45, 7) is 7.15. The fourth-order valence-corrected chi connectivity index (χ4v) is 4.02. The summed E-state index contributed by atoms with van der Waals surface area (Å²) in [7, 11) is 0. The van der Waals surface area contributed by atoms with Crippen LogP contribution >= 0.6 is 11.3 Å². The molecule has 118 valence electrons. The number of rotatable bonds is 4. The summed E-state index contributed by atoms with van der Waals surface area (Å²) >= 11 is 1.73. The Balaban J connectivity index is 1.73. The second kappa shape index (κ2) is 5.42. The lowest BCUT2D eigenvalue weighted by molar-refractivity contribution is 0.599. The maximum Gasteiger partial charge on any atom is 0.167 e. The third kappa shape index (κ3) is 2.41. The molecule has 6 nitrogen and oxygen atoms in total. The van der Waals surface area contributed by atoms with Crippen molar-refractivity contribution in [3.8, 4) is 0 Å². The number of nitrogens with zero attached hydrogens (tertiary/aromatic N) is 6. The molecule has 0 atom stereocenters. The third-order valence-electron chi connectivity index (χ3n) is 4.05. The van der Waals surface area contributed by atoms with Crippen LogP contribution in [0.3, 0.4) is 0 Å². The maximum atomic E-state index is 4.76. The molecule has 0 aliphatic carbocycles.